The molecule has 17 heavy (non-hydrogen) atoms. The van der Waals surface area contributed by atoms with Gasteiger partial charge in [-0.15, -0.1) is 0 Å². The van der Waals surface area contributed by atoms with Crippen LogP contribution < -0.4 is 5.73 Å². The molecule has 3 rings (SSSR count). The summed E-state index contributed by atoms with van der Waals surface area (Å²) >= 11 is 0. The first-order chi connectivity index (χ1) is 8.34. The van der Waals surface area contributed by atoms with Gasteiger partial charge < -0.3 is 5.73 Å². The lowest BCUT2D eigenvalue weighted by molar-refractivity contribution is 0.879. The SMILES string of the molecule is Nc1[nH]ncc1-c1ccc(-n2cncn2)cc1. The quantitative estimate of drug-likeness (QED) is 0.688. The van der Waals surface area contributed by atoms with E-state index in [0.29, 0.717) is 5.82 Å². The van der Waals surface area contributed by atoms with Crippen molar-refractivity contribution in [3.8, 4) is 16.8 Å². The number of aromatic nitrogens is 5. The highest BCUT2D eigenvalue weighted by atomic mass is 15.3. The van der Waals surface area contributed by atoms with Gasteiger partial charge in [-0.25, -0.2) is 9.67 Å². The zero-order valence-corrected chi connectivity index (χ0v) is 8.91. The molecule has 0 radical (unpaired) electrons. The minimum atomic E-state index is 0.568. The molecule has 3 N–H and O–H groups in total. The summed E-state index contributed by atoms with van der Waals surface area (Å²) in [6, 6.07) is 7.85. The second kappa shape index (κ2) is 3.75. The average molecular weight is 226 g/mol. The maximum Gasteiger partial charge on any atom is 0.138 e. The summed E-state index contributed by atoms with van der Waals surface area (Å²) in [6.45, 7) is 0. The Kier molecular flexibility index (Phi) is 2.11. The van der Waals surface area contributed by atoms with Gasteiger partial charge in [-0.05, 0) is 17.7 Å². The molecule has 0 fully saturated rings. The predicted molar refractivity (Wildman–Crippen MR) is 63.4 cm³/mol. The van der Waals surface area contributed by atoms with Crippen molar-refractivity contribution in [2.75, 3.05) is 5.73 Å². The smallest absolute Gasteiger partial charge is 0.138 e. The molecule has 6 nitrogen and oxygen atoms in total. The number of benzene rings is 1. The zero-order valence-electron chi connectivity index (χ0n) is 8.91. The van der Waals surface area contributed by atoms with Crippen LogP contribution in [0.25, 0.3) is 16.8 Å². The molecule has 0 saturated heterocycles. The van der Waals surface area contributed by atoms with Gasteiger partial charge in [-0.3, -0.25) is 5.10 Å². The van der Waals surface area contributed by atoms with E-state index in [4.69, 9.17) is 5.73 Å². The fraction of sp³-hybridized carbons (Fsp3) is 0. The standard InChI is InChI=1S/C11H10N6/c12-11-10(5-14-16-11)8-1-3-9(4-2-8)17-7-13-6-15-17/h1-7H,(H3,12,14,16). The van der Waals surface area contributed by atoms with Crippen molar-refractivity contribution in [3.63, 3.8) is 0 Å². The summed E-state index contributed by atoms with van der Waals surface area (Å²) in [5, 5.41) is 10.7. The Balaban J connectivity index is 1.99. The van der Waals surface area contributed by atoms with E-state index in [0.717, 1.165) is 16.8 Å². The Hall–Kier alpha value is -2.63. The molecule has 3 aromatic rings. The van der Waals surface area contributed by atoms with Gasteiger partial charge in [0.2, 0.25) is 0 Å². The van der Waals surface area contributed by atoms with Gasteiger partial charge in [0.05, 0.1) is 11.9 Å². The number of nitrogens with zero attached hydrogens (tertiary/aromatic N) is 4. The van der Waals surface area contributed by atoms with Crippen LogP contribution >= 0.6 is 0 Å². The van der Waals surface area contributed by atoms with Gasteiger partial charge >= 0.3 is 0 Å². The third kappa shape index (κ3) is 1.65. The first-order valence-electron chi connectivity index (χ1n) is 5.09. The molecule has 0 aliphatic rings. The predicted octanol–water partition coefficient (Wildman–Crippen LogP) is 1.24. The van der Waals surface area contributed by atoms with Crippen LogP contribution in [-0.4, -0.2) is 25.0 Å². The molecule has 0 bridgehead atoms. The van der Waals surface area contributed by atoms with Crippen LogP contribution in [0.2, 0.25) is 0 Å². The number of anilines is 1. The molecule has 1 aromatic carbocycles. The van der Waals surface area contributed by atoms with E-state index in [1.165, 1.54) is 6.33 Å². The van der Waals surface area contributed by atoms with Crippen molar-refractivity contribution < 1.29 is 0 Å². The van der Waals surface area contributed by atoms with Gasteiger partial charge in [0, 0.05) is 5.56 Å². The maximum absolute atomic E-state index is 5.76. The summed E-state index contributed by atoms with van der Waals surface area (Å²) in [6.07, 6.45) is 4.86. The van der Waals surface area contributed by atoms with E-state index in [2.05, 4.69) is 20.3 Å². The van der Waals surface area contributed by atoms with Crippen LogP contribution in [0.5, 0.6) is 0 Å². The number of rotatable bonds is 2. The highest BCUT2D eigenvalue weighted by molar-refractivity contribution is 5.73. The Morgan fingerprint density at radius 2 is 2.00 bits per heavy atom. The van der Waals surface area contributed by atoms with E-state index in [1.54, 1.807) is 17.2 Å². The van der Waals surface area contributed by atoms with Crippen LogP contribution in [0.3, 0.4) is 0 Å². The molecule has 2 aromatic heterocycles. The number of nitrogens with one attached hydrogen (secondary N) is 1. The van der Waals surface area contributed by atoms with Crippen molar-refractivity contribution in [2.45, 2.75) is 0 Å². The van der Waals surface area contributed by atoms with Gasteiger partial charge in [-0.1, -0.05) is 12.1 Å². The summed E-state index contributed by atoms with van der Waals surface area (Å²) < 4.78 is 1.70. The van der Waals surface area contributed by atoms with Crippen LogP contribution in [0.15, 0.2) is 43.1 Å². The van der Waals surface area contributed by atoms with Crippen molar-refractivity contribution in [2.24, 2.45) is 0 Å². The highest BCUT2D eigenvalue weighted by Gasteiger charge is 2.04. The van der Waals surface area contributed by atoms with Crippen LogP contribution in [0.4, 0.5) is 5.82 Å². The molecule has 0 aliphatic heterocycles. The van der Waals surface area contributed by atoms with Crippen molar-refractivity contribution >= 4 is 5.82 Å². The molecule has 0 unspecified atom stereocenters. The van der Waals surface area contributed by atoms with E-state index in [1.807, 2.05) is 24.3 Å². The molecule has 2 heterocycles. The Morgan fingerprint density at radius 3 is 2.59 bits per heavy atom. The summed E-state index contributed by atoms with van der Waals surface area (Å²) in [4.78, 5) is 3.90. The van der Waals surface area contributed by atoms with Crippen molar-refractivity contribution in [1.82, 2.24) is 25.0 Å². The normalized spacial score (nSPS) is 10.6. The molecular weight excluding hydrogens is 216 g/mol. The number of hydrogen-bond donors (Lipinski definition) is 2. The number of aromatic amines is 1. The van der Waals surface area contributed by atoms with Crippen molar-refractivity contribution in [1.29, 1.82) is 0 Å². The van der Waals surface area contributed by atoms with Gasteiger partial charge in [0.15, 0.2) is 0 Å². The van der Waals surface area contributed by atoms with E-state index >= 15 is 0 Å². The van der Waals surface area contributed by atoms with Crippen LogP contribution in [-0.2, 0) is 0 Å². The van der Waals surface area contributed by atoms with Gasteiger partial charge in [0.25, 0.3) is 0 Å². The number of hydrogen-bond acceptors (Lipinski definition) is 4. The van der Waals surface area contributed by atoms with Gasteiger partial charge in [0.1, 0.15) is 18.5 Å². The molecule has 0 spiro atoms. The minimum absolute atomic E-state index is 0.568. The first-order valence-corrected chi connectivity index (χ1v) is 5.09. The summed E-state index contributed by atoms with van der Waals surface area (Å²) in [5.41, 5.74) is 8.62. The lowest BCUT2D eigenvalue weighted by Crippen LogP contribution is -1.94. The van der Waals surface area contributed by atoms with E-state index in [9.17, 15) is 0 Å². The fourth-order valence-electron chi connectivity index (χ4n) is 1.66. The van der Waals surface area contributed by atoms with Gasteiger partial charge in [-0.2, -0.15) is 10.2 Å². The monoisotopic (exact) mass is 226 g/mol. The summed E-state index contributed by atoms with van der Waals surface area (Å²) in [7, 11) is 0. The number of H-pyrrole nitrogens is 1. The Bertz CT molecular complexity index is 608. The molecule has 0 saturated carbocycles. The molecule has 0 amide bonds. The van der Waals surface area contributed by atoms with E-state index in [-0.39, 0.29) is 0 Å². The second-order valence-electron chi connectivity index (χ2n) is 3.58. The Labute approximate surface area is 97.1 Å². The van der Waals surface area contributed by atoms with Crippen molar-refractivity contribution in [3.05, 3.63) is 43.1 Å². The Morgan fingerprint density at radius 1 is 1.18 bits per heavy atom. The average Bonchev–Trinajstić information content (AvgIpc) is 3.00. The topological polar surface area (TPSA) is 85.4 Å². The first kappa shape index (κ1) is 9.59. The number of nitrogens with two attached hydrogens (primary N) is 1. The van der Waals surface area contributed by atoms with Crippen LogP contribution in [0, 0.1) is 0 Å². The third-order valence-corrected chi connectivity index (χ3v) is 2.53. The fourth-order valence-corrected chi connectivity index (χ4v) is 1.66. The third-order valence-electron chi connectivity index (χ3n) is 2.53. The molecule has 6 heteroatoms. The largest absolute Gasteiger partial charge is 0.384 e. The lowest BCUT2D eigenvalue weighted by atomic mass is 10.1. The molecule has 0 atom stereocenters. The minimum Gasteiger partial charge on any atom is -0.384 e. The summed E-state index contributed by atoms with van der Waals surface area (Å²) in [5.74, 6) is 0.568. The molecule has 0 aliphatic carbocycles. The zero-order chi connectivity index (χ0) is 11.7. The van der Waals surface area contributed by atoms with Crippen LogP contribution in [0.1, 0.15) is 0 Å². The molecular formula is C11H10N6. The van der Waals surface area contributed by atoms with E-state index < -0.39 is 0 Å². The molecule has 84 valence electrons. The maximum atomic E-state index is 5.76. The highest BCUT2D eigenvalue weighted by Crippen LogP contribution is 2.24. The lowest BCUT2D eigenvalue weighted by Gasteiger charge is -2.02. The second-order valence-corrected chi connectivity index (χ2v) is 3.58. The number of nitrogen functional groups attached to an aromatic ring is 1.